The molecule has 0 spiro atoms. The maximum absolute atomic E-state index is 12.6. The number of hydrogen-bond donors (Lipinski definition) is 1. The van der Waals surface area contributed by atoms with Crippen LogP contribution in [0, 0.1) is 0 Å². The number of carbonyl (C=O) groups excluding carboxylic acids is 1. The zero-order valence-corrected chi connectivity index (χ0v) is 18.5. The van der Waals surface area contributed by atoms with Crippen molar-refractivity contribution in [3.8, 4) is 22.8 Å². The molecular formula is C23H27N5O2S. The molecule has 1 aliphatic carbocycles. The summed E-state index contributed by atoms with van der Waals surface area (Å²) in [4.78, 5) is 16.7. The maximum atomic E-state index is 12.6. The van der Waals surface area contributed by atoms with Crippen LogP contribution in [0.15, 0.2) is 53.9 Å². The van der Waals surface area contributed by atoms with Crippen LogP contribution < -0.4 is 10.1 Å². The molecule has 31 heavy (non-hydrogen) atoms. The summed E-state index contributed by atoms with van der Waals surface area (Å²) >= 11 is 1.40. The van der Waals surface area contributed by atoms with E-state index in [9.17, 15) is 4.79 Å². The fraction of sp³-hybridized carbons (Fsp3) is 0.391. The van der Waals surface area contributed by atoms with Crippen LogP contribution in [0.4, 0.5) is 0 Å². The van der Waals surface area contributed by atoms with Gasteiger partial charge in [-0.25, -0.2) is 0 Å². The Balaban J connectivity index is 1.54. The zero-order chi connectivity index (χ0) is 21.5. The highest BCUT2D eigenvalue weighted by Gasteiger charge is 2.19. The fourth-order valence-electron chi connectivity index (χ4n) is 3.84. The Hall–Kier alpha value is -2.87. The average Bonchev–Trinajstić information content (AvgIpc) is 3.07. The molecule has 1 saturated carbocycles. The first-order valence-corrected chi connectivity index (χ1v) is 11.7. The van der Waals surface area contributed by atoms with Crippen LogP contribution in [0.2, 0.25) is 0 Å². The molecule has 2 heterocycles. The van der Waals surface area contributed by atoms with Crippen LogP contribution >= 0.6 is 11.8 Å². The van der Waals surface area contributed by atoms with Crippen molar-refractivity contribution in [3.63, 3.8) is 0 Å². The predicted octanol–water partition coefficient (Wildman–Crippen LogP) is 4.27. The summed E-state index contributed by atoms with van der Waals surface area (Å²) in [5, 5.41) is 12.7. The summed E-state index contributed by atoms with van der Waals surface area (Å²) in [5.41, 5.74) is 1.82. The number of benzene rings is 1. The maximum Gasteiger partial charge on any atom is 0.230 e. The number of nitrogens with one attached hydrogen (secondary N) is 1. The van der Waals surface area contributed by atoms with E-state index < -0.39 is 0 Å². The Bertz CT molecular complexity index is 983. The topological polar surface area (TPSA) is 81.9 Å². The minimum absolute atomic E-state index is 0.0478. The molecule has 1 aliphatic rings. The normalized spacial score (nSPS) is 14.7. The van der Waals surface area contributed by atoms with Crippen LogP contribution in [0.5, 0.6) is 5.75 Å². The van der Waals surface area contributed by atoms with Gasteiger partial charge >= 0.3 is 0 Å². The molecule has 0 bridgehead atoms. The van der Waals surface area contributed by atoms with Crippen LogP contribution in [0.3, 0.4) is 0 Å². The predicted molar refractivity (Wildman–Crippen MR) is 121 cm³/mol. The number of aromatic nitrogens is 4. The first-order valence-electron chi connectivity index (χ1n) is 10.7. The van der Waals surface area contributed by atoms with Gasteiger partial charge in [-0.2, -0.15) is 0 Å². The molecule has 0 atom stereocenters. The van der Waals surface area contributed by atoms with E-state index in [4.69, 9.17) is 4.74 Å². The number of amides is 1. The van der Waals surface area contributed by atoms with E-state index in [1.54, 1.807) is 19.5 Å². The van der Waals surface area contributed by atoms with Gasteiger partial charge in [0.1, 0.15) is 5.75 Å². The van der Waals surface area contributed by atoms with Crippen molar-refractivity contribution in [2.75, 3.05) is 12.9 Å². The third kappa shape index (κ3) is 5.44. The molecule has 0 aliphatic heterocycles. The molecule has 0 saturated heterocycles. The average molecular weight is 438 g/mol. The van der Waals surface area contributed by atoms with Gasteiger partial charge in [0.2, 0.25) is 5.91 Å². The summed E-state index contributed by atoms with van der Waals surface area (Å²) in [7, 11) is 1.64. The Kier molecular flexibility index (Phi) is 7.19. The number of methoxy groups -OCH3 is 1. The lowest BCUT2D eigenvalue weighted by molar-refractivity contribution is -0.119. The number of ether oxygens (including phenoxy) is 1. The van der Waals surface area contributed by atoms with Gasteiger partial charge in [-0.15, -0.1) is 10.2 Å². The summed E-state index contributed by atoms with van der Waals surface area (Å²) in [5.74, 6) is 1.84. The highest BCUT2D eigenvalue weighted by molar-refractivity contribution is 7.99. The Morgan fingerprint density at radius 2 is 1.77 bits per heavy atom. The molecule has 2 aromatic heterocycles. The molecule has 3 aromatic rings. The first-order chi connectivity index (χ1) is 15.2. The van der Waals surface area contributed by atoms with Crippen molar-refractivity contribution >= 4 is 17.7 Å². The van der Waals surface area contributed by atoms with Gasteiger partial charge in [0.25, 0.3) is 0 Å². The SMILES string of the molecule is COc1ccc(-n2c(SCC(=O)NC3CCCCCC3)nnc2-c2ccncc2)cc1. The third-order valence-electron chi connectivity index (χ3n) is 5.46. The second kappa shape index (κ2) is 10.4. The minimum atomic E-state index is 0.0478. The summed E-state index contributed by atoms with van der Waals surface area (Å²) < 4.78 is 7.26. The smallest absolute Gasteiger partial charge is 0.230 e. The molecule has 4 rings (SSSR count). The van der Waals surface area contributed by atoms with Crippen molar-refractivity contribution < 1.29 is 9.53 Å². The van der Waals surface area contributed by atoms with Gasteiger partial charge in [-0.1, -0.05) is 37.4 Å². The number of hydrogen-bond acceptors (Lipinski definition) is 6. The van der Waals surface area contributed by atoms with Gasteiger partial charge in [0.05, 0.1) is 12.9 Å². The van der Waals surface area contributed by atoms with Crippen LogP contribution in [0.1, 0.15) is 38.5 Å². The quantitative estimate of drug-likeness (QED) is 0.439. The molecule has 8 heteroatoms. The number of rotatable bonds is 7. The largest absolute Gasteiger partial charge is 0.497 e. The van der Waals surface area contributed by atoms with Gasteiger partial charge in [0.15, 0.2) is 11.0 Å². The van der Waals surface area contributed by atoms with Crippen molar-refractivity contribution in [2.24, 2.45) is 0 Å². The lowest BCUT2D eigenvalue weighted by Gasteiger charge is -2.16. The monoisotopic (exact) mass is 437 g/mol. The standard InChI is InChI=1S/C23H27N5O2S/c1-30-20-10-8-19(9-11-20)28-22(17-12-14-24-15-13-17)26-27-23(28)31-16-21(29)25-18-6-4-2-3-5-7-18/h8-15,18H,2-7,16H2,1H3,(H,25,29). The molecule has 162 valence electrons. The van der Waals surface area contributed by atoms with Crippen LogP contribution in [0.25, 0.3) is 17.1 Å². The molecule has 0 unspecified atom stereocenters. The van der Waals surface area contributed by atoms with E-state index in [1.165, 1.54) is 37.4 Å². The van der Waals surface area contributed by atoms with E-state index in [2.05, 4.69) is 20.5 Å². The van der Waals surface area contributed by atoms with E-state index >= 15 is 0 Å². The van der Waals surface area contributed by atoms with E-state index in [1.807, 2.05) is 41.0 Å². The Morgan fingerprint density at radius 1 is 1.06 bits per heavy atom. The number of nitrogens with zero attached hydrogens (tertiary/aromatic N) is 4. The van der Waals surface area contributed by atoms with E-state index in [0.29, 0.717) is 22.8 Å². The number of pyridine rings is 1. The summed E-state index contributed by atoms with van der Waals surface area (Å²) in [6.07, 6.45) is 10.5. The molecule has 1 aromatic carbocycles. The van der Waals surface area contributed by atoms with Crippen molar-refractivity contribution in [1.29, 1.82) is 0 Å². The molecule has 1 amide bonds. The third-order valence-corrected chi connectivity index (χ3v) is 6.38. The first kappa shape index (κ1) is 21.4. The highest BCUT2D eigenvalue weighted by atomic mass is 32.2. The van der Waals surface area contributed by atoms with E-state index in [-0.39, 0.29) is 5.91 Å². The number of thioether (sulfide) groups is 1. The number of carbonyl (C=O) groups is 1. The lowest BCUT2D eigenvalue weighted by Crippen LogP contribution is -2.35. The Morgan fingerprint density at radius 3 is 2.45 bits per heavy atom. The van der Waals surface area contributed by atoms with Crippen LogP contribution in [-0.4, -0.2) is 44.6 Å². The van der Waals surface area contributed by atoms with Crippen molar-refractivity contribution in [1.82, 2.24) is 25.1 Å². The van der Waals surface area contributed by atoms with Crippen molar-refractivity contribution in [3.05, 3.63) is 48.8 Å². The molecular weight excluding hydrogens is 410 g/mol. The van der Waals surface area contributed by atoms with Gasteiger partial charge in [-0.05, 0) is 49.2 Å². The zero-order valence-electron chi connectivity index (χ0n) is 17.7. The van der Waals surface area contributed by atoms with Crippen molar-refractivity contribution in [2.45, 2.75) is 49.7 Å². The second-order valence-electron chi connectivity index (χ2n) is 7.62. The Labute approximate surface area is 186 Å². The van der Waals surface area contributed by atoms with Crippen LogP contribution in [-0.2, 0) is 4.79 Å². The van der Waals surface area contributed by atoms with Gasteiger partial charge in [0, 0.05) is 29.7 Å². The molecule has 1 fully saturated rings. The molecule has 1 N–H and O–H groups in total. The highest BCUT2D eigenvalue weighted by Crippen LogP contribution is 2.28. The molecule has 7 nitrogen and oxygen atoms in total. The lowest BCUT2D eigenvalue weighted by atomic mass is 10.1. The van der Waals surface area contributed by atoms with Gasteiger partial charge < -0.3 is 10.1 Å². The molecule has 0 radical (unpaired) electrons. The fourth-order valence-corrected chi connectivity index (χ4v) is 4.60. The minimum Gasteiger partial charge on any atom is -0.497 e. The second-order valence-corrected chi connectivity index (χ2v) is 8.56. The van der Waals surface area contributed by atoms with E-state index in [0.717, 1.165) is 29.8 Å². The summed E-state index contributed by atoms with van der Waals surface area (Å²) in [6.45, 7) is 0. The van der Waals surface area contributed by atoms with Gasteiger partial charge in [-0.3, -0.25) is 14.3 Å². The summed E-state index contributed by atoms with van der Waals surface area (Å²) in [6, 6.07) is 11.8.